The van der Waals surface area contributed by atoms with Crippen molar-refractivity contribution < 1.29 is 14.3 Å². The van der Waals surface area contributed by atoms with Gasteiger partial charge < -0.3 is 9.47 Å². The standard InChI is InChI=1S/C20H20O3/c1-4-13-8-6-10-15-12-16-11-7-9-14(5-2)18(16)19(17(13)15)23-20(21)22-3/h6-12H,4-5H2,1-3H3. The number of fused-ring (bicyclic) bond motifs is 2. The predicted molar refractivity (Wildman–Crippen MR) is 93.2 cm³/mol. The Morgan fingerprint density at radius 1 is 0.913 bits per heavy atom. The van der Waals surface area contributed by atoms with Crippen molar-refractivity contribution in [2.24, 2.45) is 0 Å². The average molecular weight is 308 g/mol. The maximum atomic E-state index is 11.8. The molecule has 0 heterocycles. The fourth-order valence-corrected chi connectivity index (χ4v) is 3.14. The second-order valence-corrected chi connectivity index (χ2v) is 5.50. The SMILES string of the molecule is CCc1cccc2cc3cccc(CC)c3c(OC(=O)OC)c12. The molecule has 0 spiro atoms. The molecular formula is C20H20O3. The van der Waals surface area contributed by atoms with E-state index in [9.17, 15) is 4.79 Å². The minimum Gasteiger partial charge on any atom is -0.437 e. The third kappa shape index (κ3) is 2.63. The van der Waals surface area contributed by atoms with Gasteiger partial charge in [0.05, 0.1) is 7.11 Å². The van der Waals surface area contributed by atoms with Crippen molar-refractivity contribution in [2.45, 2.75) is 26.7 Å². The zero-order chi connectivity index (χ0) is 16.4. The Hall–Kier alpha value is -2.55. The summed E-state index contributed by atoms with van der Waals surface area (Å²) in [6.45, 7) is 4.21. The number of rotatable bonds is 3. The molecule has 23 heavy (non-hydrogen) atoms. The number of methoxy groups -OCH3 is 1. The first kappa shape index (κ1) is 15.3. The summed E-state index contributed by atoms with van der Waals surface area (Å²) >= 11 is 0. The van der Waals surface area contributed by atoms with Crippen molar-refractivity contribution in [3.63, 3.8) is 0 Å². The van der Waals surface area contributed by atoms with Gasteiger partial charge in [0, 0.05) is 10.8 Å². The molecule has 0 radical (unpaired) electrons. The van der Waals surface area contributed by atoms with Crippen LogP contribution < -0.4 is 4.74 Å². The first-order valence-electron chi connectivity index (χ1n) is 7.91. The van der Waals surface area contributed by atoms with Gasteiger partial charge in [-0.2, -0.15) is 0 Å². The monoisotopic (exact) mass is 308 g/mol. The fourth-order valence-electron chi connectivity index (χ4n) is 3.14. The lowest BCUT2D eigenvalue weighted by atomic mass is 9.94. The highest BCUT2D eigenvalue weighted by atomic mass is 16.7. The minimum atomic E-state index is -0.685. The summed E-state index contributed by atoms with van der Waals surface area (Å²) in [5.74, 6) is 0.610. The molecular weight excluding hydrogens is 288 g/mol. The summed E-state index contributed by atoms with van der Waals surface area (Å²) in [7, 11) is 1.33. The van der Waals surface area contributed by atoms with Crippen molar-refractivity contribution in [2.75, 3.05) is 7.11 Å². The Morgan fingerprint density at radius 3 is 1.87 bits per heavy atom. The second-order valence-electron chi connectivity index (χ2n) is 5.50. The van der Waals surface area contributed by atoms with Crippen molar-refractivity contribution in [3.8, 4) is 5.75 Å². The summed E-state index contributed by atoms with van der Waals surface area (Å²) in [5.41, 5.74) is 2.32. The van der Waals surface area contributed by atoms with Gasteiger partial charge >= 0.3 is 6.16 Å². The van der Waals surface area contributed by atoms with Gasteiger partial charge in [-0.25, -0.2) is 4.79 Å². The van der Waals surface area contributed by atoms with E-state index in [0.29, 0.717) is 5.75 Å². The van der Waals surface area contributed by atoms with Crippen LogP contribution in [0.25, 0.3) is 21.5 Å². The highest BCUT2D eigenvalue weighted by molar-refractivity contribution is 6.08. The topological polar surface area (TPSA) is 35.5 Å². The number of aryl methyl sites for hydroxylation is 2. The minimum absolute atomic E-state index is 0.610. The van der Waals surface area contributed by atoms with E-state index in [1.165, 1.54) is 7.11 Å². The highest BCUT2D eigenvalue weighted by Crippen LogP contribution is 2.39. The van der Waals surface area contributed by atoms with Crippen LogP contribution in [0.3, 0.4) is 0 Å². The molecule has 0 aromatic heterocycles. The molecule has 0 aliphatic heterocycles. The zero-order valence-electron chi connectivity index (χ0n) is 13.7. The van der Waals surface area contributed by atoms with Gasteiger partial charge in [-0.3, -0.25) is 0 Å². The summed E-state index contributed by atoms with van der Waals surface area (Å²) in [4.78, 5) is 11.8. The molecule has 3 nitrogen and oxygen atoms in total. The van der Waals surface area contributed by atoms with Crippen LogP contribution in [0.2, 0.25) is 0 Å². The molecule has 3 aromatic rings. The van der Waals surface area contributed by atoms with E-state index in [2.05, 4.69) is 44.2 Å². The Bertz CT molecular complexity index is 819. The molecule has 3 aromatic carbocycles. The summed E-state index contributed by atoms with van der Waals surface area (Å²) < 4.78 is 10.4. The van der Waals surface area contributed by atoms with Crippen molar-refractivity contribution in [1.82, 2.24) is 0 Å². The fraction of sp³-hybridized carbons (Fsp3) is 0.250. The van der Waals surface area contributed by atoms with Crippen molar-refractivity contribution in [3.05, 3.63) is 53.6 Å². The van der Waals surface area contributed by atoms with Gasteiger partial charge in [-0.15, -0.1) is 0 Å². The Morgan fingerprint density at radius 2 is 1.43 bits per heavy atom. The molecule has 0 bridgehead atoms. The molecule has 3 rings (SSSR count). The Labute approximate surface area is 135 Å². The van der Waals surface area contributed by atoms with Crippen molar-refractivity contribution in [1.29, 1.82) is 0 Å². The van der Waals surface area contributed by atoms with E-state index < -0.39 is 6.16 Å². The van der Waals surface area contributed by atoms with Gasteiger partial charge in [-0.05, 0) is 40.8 Å². The lowest BCUT2D eigenvalue weighted by molar-refractivity contribution is 0.122. The van der Waals surface area contributed by atoms with Gasteiger partial charge in [0.2, 0.25) is 0 Å². The molecule has 0 amide bonds. The van der Waals surface area contributed by atoms with E-state index >= 15 is 0 Å². The van der Waals surface area contributed by atoms with E-state index in [1.807, 2.05) is 12.1 Å². The van der Waals surface area contributed by atoms with Crippen LogP contribution in [0.4, 0.5) is 4.79 Å². The average Bonchev–Trinajstić information content (AvgIpc) is 2.59. The largest absolute Gasteiger partial charge is 0.513 e. The third-order valence-corrected chi connectivity index (χ3v) is 4.24. The predicted octanol–water partition coefficient (Wildman–Crippen LogP) is 5.26. The quantitative estimate of drug-likeness (QED) is 0.376. The molecule has 0 fully saturated rings. The first-order chi connectivity index (χ1) is 11.2. The van der Waals surface area contributed by atoms with E-state index in [-0.39, 0.29) is 0 Å². The number of carbonyl (C=O) groups excluding carboxylic acids is 1. The van der Waals surface area contributed by atoms with Crippen LogP contribution in [-0.2, 0) is 17.6 Å². The van der Waals surface area contributed by atoms with E-state index in [4.69, 9.17) is 9.47 Å². The van der Waals surface area contributed by atoms with Gasteiger partial charge in [0.15, 0.2) is 5.75 Å². The van der Waals surface area contributed by atoms with E-state index in [1.54, 1.807) is 0 Å². The zero-order valence-corrected chi connectivity index (χ0v) is 13.7. The number of benzene rings is 3. The highest BCUT2D eigenvalue weighted by Gasteiger charge is 2.17. The van der Waals surface area contributed by atoms with Crippen LogP contribution in [0.15, 0.2) is 42.5 Å². The molecule has 0 aliphatic carbocycles. The maximum absolute atomic E-state index is 11.8. The summed E-state index contributed by atoms with van der Waals surface area (Å²) in [6, 6.07) is 14.5. The smallest absolute Gasteiger partial charge is 0.437 e. The number of hydrogen-bond acceptors (Lipinski definition) is 3. The molecule has 0 N–H and O–H groups in total. The Kier molecular flexibility index (Phi) is 4.20. The molecule has 118 valence electrons. The van der Waals surface area contributed by atoms with Crippen LogP contribution >= 0.6 is 0 Å². The van der Waals surface area contributed by atoms with Crippen LogP contribution in [0, 0.1) is 0 Å². The van der Waals surface area contributed by atoms with Gasteiger partial charge in [0.25, 0.3) is 0 Å². The maximum Gasteiger partial charge on any atom is 0.513 e. The van der Waals surface area contributed by atoms with Crippen LogP contribution in [0.1, 0.15) is 25.0 Å². The van der Waals surface area contributed by atoms with Crippen LogP contribution in [0.5, 0.6) is 5.75 Å². The molecule has 0 unspecified atom stereocenters. The summed E-state index contributed by atoms with van der Waals surface area (Å²) in [6.07, 6.45) is 1.05. The van der Waals surface area contributed by atoms with Crippen molar-refractivity contribution >= 4 is 27.7 Å². The second kappa shape index (κ2) is 6.29. The molecule has 0 saturated heterocycles. The number of hydrogen-bond donors (Lipinski definition) is 0. The van der Waals surface area contributed by atoms with Gasteiger partial charge in [-0.1, -0.05) is 50.2 Å². The van der Waals surface area contributed by atoms with Crippen LogP contribution in [-0.4, -0.2) is 13.3 Å². The molecule has 0 aliphatic rings. The molecule has 3 heteroatoms. The number of carbonyl (C=O) groups is 1. The Balaban J connectivity index is 2.47. The third-order valence-electron chi connectivity index (χ3n) is 4.24. The lowest BCUT2D eigenvalue weighted by Gasteiger charge is -2.16. The number of ether oxygens (including phenoxy) is 2. The molecule has 0 atom stereocenters. The molecule has 0 saturated carbocycles. The van der Waals surface area contributed by atoms with Gasteiger partial charge in [0.1, 0.15) is 0 Å². The normalized spacial score (nSPS) is 10.9. The summed E-state index contributed by atoms with van der Waals surface area (Å²) in [5, 5.41) is 4.13. The lowest BCUT2D eigenvalue weighted by Crippen LogP contribution is -2.09. The first-order valence-corrected chi connectivity index (χ1v) is 7.91. The van der Waals surface area contributed by atoms with E-state index in [0.717, 1.165) is 45.5 Å².